The summed E-state index contributed by atoms with van der Waals surface area (Å²) in [6, 6.07) is 0.939. The fourth-order valence-corrected chi connectivity index (χ4v) is 2.16. The van der Waals surface area contributed by atoms with Crippen molar-refractivity contribution in [2.24, 2.45) is 5.92 Å². The van der Waals surface area contributed by atoms with Crippen molar-refractivity contribution in [2.75, 3.05) is 5.32 Å². The lowest BCUT2D eigenvalue weighted by Crippen LogP contribution is -2.27. The van der Waals surface area contributed by atoms with Gasteiger partial charge >= 0.3 is 0 Å². The summed E-state index contributed by atoms with van der Waals surface area (Å²) >= 11 is 0. The molecule has 0 radical (unpaired) electrons. The molecule has 0 fully saturated rings. The summed E-state index contributed by atoms with van der Waals surface area (Å²) in [5.74, 6) is 1.71. The van der Waals surface area contributed by atoms with E-state index in [2.05, 4.69) is 49.5 Å². The molecule has 1 heterocycles. The molecule has 0 saturated heterocycles. The number of imidazole rings is 1. The molecular formula is C13H25N3. The first-order chi connectivity index (χ1) is 7.60. The normalized spacial score (nSPS) is 13.4. The highest BCUT2D eigenvalue weighted by molar-refractivity contribution is 5.28. The highest BCUT2D eigenvalue weighted by Crippen LogP contribution is 2.19. The highest BCUT2D eigenvalue weighted by Gasteiger charge is 2.15. The maximum Gasteiger partial charge on any atom is 0.203 e. The summed E-state index contributed by atoms with van der Waals surface area (Å²) in [5.41, 5.74) is 0. The van der Waals surface area contributed by atoms with Gasteiger partial charge in [-0.2, -0.15) is 0 Å². The van der Waals surface area contributed by atoms with E-state index in [9.17, 15) is 0 Å². The Hall–Kier alpha value is -0.990. The summed E-state index contributed by atoms with van der Waals surface area (Å²) in [6.45, 7) is 11.1. The van der Waals surface area contributed by atoms with Crippen molar-refractivity contribution in [3.63, 3.8) is 0 Å². The van der Waals surface area contributed by atoms with Gasteiger partial charge in [0.2, 0.25) is 5.95 Å². The van der Waals surface area contributed by atoms with Crippen molar-refractivity contribution >= 4 is 5.95 Å². The number of aromatic nitrogens is 2. The van der Waals surface area contributed by atoms with Crippen LogP contribution in [0.25, 0.3) is 0 Å². The van der Waals surface area contributed by atoms with Crippen LogP contribution in [0.1, 0.15) is 53.5 Å². The molecule has 1 N–H and O–H groups in total. The second-order valence-corrected chi connectivity index (χ2v) is 4.76. The van der Waals surface area contributed by atoms with E-state index in [0.29, 0.717) is 12.1 Å². The van der Waals surface area contributed by atoms with Gasteiger partial charge in [-0.3, -0.25) is 0 Å². The largest absolute Gasteiger partial charge is 0.353 e. The van der Waals surface area contributed by atoms with E-state index in [1.807, 2.05) is 12.4 Å². The van der Waals surface area contributed by atoms with Crippen molar-refractivity contribution in [1.82, 2.24) is 9.55 Å². The average molecular weight is 223 g/mol. The number of nitrogens with one attached hydrogen (secondary N) is 1. The monoisotopic (exact) mass is 223 g/mol. The van der Waals surface area contributed by atoms with Crippen LogP contribution in [-0.2, 0) is 0 Å². The molecule has 0 amide bonds. The Labute approximate surface area is 99.3 Å². The number of nitrogens with zero attached hydrogens (tertiary/aromatic N) is 2. The van der Waals surface area contributed by atoms with E-state index >= 15 is 0 Å². The van der Waals surface area contributed by atoms with Crippen LogP contribution in [0.15, 0.2) is 12.4 Å². The highest BCUT2D eigenvalue weighted by atomic mass is 15.2. The van der Waals surface area contributed by atoms with Crippen LogP contribution in [0.5, 0.6) is 0 Å². The molecule has 92 valence electrons. The van der Waals surface area contributed by atoms with Crippen LogP contribution in [0.4, 0.5) is 5.95 Å². The Morgan fingerprint density at radius 2 is 1.88 bits per heavy atom. The van der Waals surface area contributed by atoms with Crippen LogP contribution in [-0.4, -0.2) is 15.6 Å². The van der Waals surface area contributed by atoms with Gasteiger partial charge in [-0.25, -0.2) is 4.98 Å². The number of hydrogen-bond acceptors (Lipinski definition) is 2. The summed E-state index contributed by atoms with van der Waals surface area (Å²) in [5, 5.41) is 3.53. The molecule has 3 nitrogen and oxygen atoms in total. The Balaban J connectivity index is 2.68. The van der Waals surface area contributed by atoms with E-state index in [1.54, 1.807) is 0 Å². The lowest BCUT2D eigenvalue weighted by molar-refractivity contribution is 0.433. The van der Waals surface area contributed by atoms with Crippen molar-refractivity contribution in [1.29, 1.82) is 0 Å². The summed E-state index contributed by atoms with van der Waals surface area (Å²) in [7, 11) is 0. The van der Waals surface area contributed by atoms with Gasteiger partial charge in [0.25, 0.3) is 0 Å². The molecule has 16 heavy (non-hydrogen) atoms. The van der Waals surface area contributed by atoms with Gasteiger partial charge in [0.1, 0.15) is 0 Å². The van der Waals surface area contributed by atoms with Crippen molar-refractivity contribution in [3.05, 3.63) is 12.4 Å². The molecule has 0 spiro atoms. The third-order valence-electron chi connectivity index (χ3n) is 3.34. The minimum Gasteiger partial charge on any atom is -0.353 e. The number of hydrogen-bond donors (Lipinski definition) is 1. The molecule has 1 aromatic heterocycles. The topological polar surface area (TPSA) is 29.9 Å². The van der Waals surface area contributed by atoms with Crippen LogP contribution in [0, 0.1) is 5.92 Å². The van der Waals surface area contributed by atoms with E-state index in [0.717, 1.165) is 11.9 Å². The van der Waals surface area contributed by atoms with Crippen LogP contribution in [0.2, 0.25) is 0 Å². The minimum atomic E-state index is 0.457. The van der Waals surface area contributed by atoms with Gasteiger partial charge in [0.05, 0.1) is 0 Å². The van der Waals surface area contributed by atoms with E-state index in [-0.39, 0.29) is 0 Å². The Morgan fingerprint density at radius 1 is 1.25 bits per heavy atom. The Kier molecular flexibility index (Phi) is 4.84. The zero-order chi connectivity index (χ0) is 12.1. The van der Waals surface area contributed by atoms with Crippen LogP contribution in [0.3, 0.4) is 0 Å². The zero-order valence-electron chi connectivity index (χ0n) is 11.2. The first-order valence-corrected chi connectivity index (χ1v) is 6.39. The molecule has 0 aliphatic carbocycles. The zero-order valence-corrected chi connectivity index (χ0v) is 11.2. The third kappa shape index (κ3) is 3.00. The smallest absolute Gasteiger partial charge is 0.203 e. The molecule has 1 unspecified atom stereocenters. The quantitative estimate of drug-likeness (QED) is 0.797. The van der Waals surface area contributed by atoms with Gasteiger partial charge < -0.3 is 9.88 Å². The predicted octanol–water partition coefficient (Wildman–Crippen LogP) is 3.70. The molecule has 0 aliphatic rings. The predicted molar refractivity (Wildman–Crippen MR) is 69.8 cm³/mol. The molecule has 3 heteroatoms. The standard InChI is InChI=1S/C13H25N3/c1-6-12(7-2)11(5)15-13-14-8-9-16(13)10(3)4/h8-12H,6-7H2,1-5H3,(H,14,15). The second-order valence-electron chi connectivity index (χ2n) is 4.76. The first-order valence-electron chi connectivity index (χ1n) is 6.39. The minimum absolute atomic E-state index is 0.457. The molecule has 0 saturated carbocycles. The van der Waals surface area contributed by atoms with Crippen LogP contribution < -0.4 is 5.32 Å². The lowest BCUT2D eigenvalue weighted by atomic mass is 9.96. The van der Waals surface area contributed by atoms with Gasteiger partial charge in [-0.05, 0) is 26.7 Å². The molecule has 0 aliphatic heterocycles. The Bertz CT molecular complexity index is 300. The molecule has 0 aromatic carbocycles. The molecule has 1 atom stereocenters. The van der Waals surface area contributed by atoms with Gasteiger partial charge in [0.15, 0.2) is 0 Å². The maximum atomic E-state index is 4.38. The van der Waals surface area contributed by atoms with E-state index in [1.165, 1.54) is 12.8 Å². The second kappa shape index (κ2) is 5.92. The fourth-order valence-electron chi connectivity index (χ4n) is 2.16. The van der Waals surface area contributed by atoms with Gasteiger partial charge in [0, 0.05) is 24.5 Å². The Morgan fingerprint density at radius 3 is 2.38 bits per heavy atom. The molecular weight excluding hydrogens is 198 g/mol. The lowest BCUT2D eigenvalue weighted by Gasteiger charge is -2.24. The SMILES string of the molecule is CCC(CC)C(C)Nc1nccn1C(C)C. The fraction of sp³-hybridized carbons (Fsp3) is 0.769. The third-order valence-corrected chi connectivity index (χ3v) is 3.34. The van der Waals surface area contributed by atoms with E-state index in [4.69, 9.17) is 0 Å². The molecule has 1 aromatic rings. The maximum absolute atomic E-state index is 4.38. The van der Waals surface area contributed by atoms with Crippen LogP contribution >= 0.6 is 0 Å². The molecule has 0 bridgehead atoms. The van der Waals surface area contributed by atoms with Crippen molar-refractivity contribution in [2.45, 2.75) is 59.5 Å². The average Bonchev–Trinajstić information content (AvgIpc) is 2.67. The summed E-state index contributed by atoms with van der Waals surface area (Å²) in [6.07, 6.45) is 6.33. The first kappa shape index (κ1) is 13.1. The summed E-state index contributed by atoms with van der Waals surface area (Å²) < 4.78 is 2.18. The summed E-state index contributed by atoms with van der Waals surface area (Å²) in [4.78, 5) is 4.38. The van der Waals surface area contributed by atoms with Crippen molar-refractivity contribution in [3.8, 4) is 0 Å². The molecule has 1 rings (SSSR count). The van der Waals surface area contributed by atoms with Gasteiger partial charge in [-0.15, -0.1) is 0 Å². The van der Waals surface area contributed by atoms with E-state index < -0.39 is 0 Å². The number of anilines is 1. The number of rotatable bonds is 6. The van der Waals surface area contributed by atoms with Crippen molar-refractivity contribution < 1.29 is 0 Å². The van der Waals surface area contributed by atoms with Gasteiger partial charge in [-0.1, -0.05) is 26.7 Å².